The summed E-state index contributed by atoms with van der Waals surface area (Å²) in [6.07, 6.45) is 0. The van der Waals surface area contributed by atoms with Crippen LogP contribution < -0.4 is 11.2 Å². The van der Waals surface area contributed by atoms with Crippen molar-refractivity contribution in [2.24, 2.45) is 14.1 Å². The van der Waals surface area contributed by atoms with Gasteiger partial charge in [-0.05, 0) is 18.1 Å². The number of aryl methyl sites for hydroxylation is 1. The highest BCUT2D eigenvalue weighted by atomic mass is 16.2. The summed E-state index contributed by atoms with van der Waals surface area (Å²) in [5, 5.41) is 0. The van der Waals surface area contributed by atoms with Crippen molar-refractivity contribution in [1.82, 2.24) is 9.13 Å². The molecule has 0 atom stereocenters. The van der Waals surface area contributed by atoms with Crippen LogP contribution in [0.3, 0.4) is 0 Å². The van der Waals surface area contributed by atoms with Crippen molar-refractivity contribution in [2.75, 3.05) is 0 Å². The van der Waals surface area contributed by atoms with Crippen LogP contribution in [0.1, 0.15) is 5.56 Å². The van der Waals surface area contributed by atoms with E-state index in [2.05, 4.69) is 0 Å². The molecule has 0 N–H and O–H groups in total. The van der Waals surface area contributed by atoms with Crippen LogP contribution in [-0.4, -0.2) is 9.13 Å². The Morgan fingerprint density at radius 2 is 1.35 bits per heavy atom. The molecule has 0 saturated heterocycles. The van der Waals surface area contributed by atoms with E-state index in [1.165, 1.54) is 11.6 Å². The van der Waals surface area contributed by atoms with E-state index < -0.39 is 0 Å². The molecule has 0 unspecified atom stereocenters. The van der Waals surface area contributed by atoms with Crippen molar-refractivity contribution >= 4 is 0 Å². The Kier molecular flexibility index (Phi) is 3.74. The first-order chi connectivity index (χ1) is 11.0. The quantitative estimate of drug-likeness (QED) is 0.730. The van der Waals surface area contributed by atoms with Crippen molar-refractivity contribution in [1.29, 1.82) is 0 Å². The molecule has 0 fully saturated rings. The van der Waals surface area contributed by atoms with Crippen LogP contribution in [0.5, 0.6) is 0 Å². The molecule has 0 radical (unpaired) electrons. The monoisotopic (exact) mass is 306 g/mol. The second-order valence-corrected chi connectivity index (χ2v) is 5.66. The van der Waals surface area contributed by atoms with Gasteiger partial charge >= 0.3 is 5.69 Å². The molecule has 0 amide bonds. The van der Waals surface area contributed by atoms with Crippen LogP contribution in [0.25, 0.3) is 22.4 Å². The van der Waals surface area contributed by atoms with Crippen molar-refractivity contribution in [3.8, 4) is 22.4 Å². The fourth-order valence-electron chi connectivity index (χ4n) is 2.76. The lowest BCUT2D eigenvalue weighted by Gasteiger charge is -2.16. The standard InChI is InChI=1S/C19H18N2O2/c1-13-9-11-15(12-10-13)17-16(14-7-5-4-6-8-14)18(22)21(3)19(23)20(17)2/h4-12H,1-3H3. The highest BCUT2D eigenvalue weighted by Crippen LogP contribution is 2.28. The molecule has 0 bridgehead atoms. The third kappa shape index (κ3) is 2.52. The first-order valence-electron chi connectivity index (χ1n) is 7.43. The summed E-state index contributed by atoms with van der Waals surface area (Å²) in [6, 6.07) is 17.3. The molecule has 4 heteroatoms. The predicted octanol–water partition coefficient (Wildman–Crippen LogP) is 2.73. The maximum Gasteiger partial charge on any atom is 0.330 e. The lowest BCUT2D eigenvalue weighted by molar-refractivity contribution is 0.694. The minimum absolute atomic E-state index is 0.283. The third-order valence-corrected chi connectivity index (χ3v) is 4.05. The maximum atomic E-state index is 12.8. The number of aromatic nitrogens is 2. The predicted molar refractivity (Wildman–Crippen MR) is 92.5 cm³/mol. The molecule has 116 valence electrons. The summed E-state index contributed by atoms with van der Waals surface area (Å²) in [5.41, 5.74) is 3.36. The molecule has 0 aliphatic carbocycles. The van der Waals surface area contributed by atoms with Gasteiger partial charge in [0.2, 0.25) is 0 Å². The molecule has 2 aromatic carbocycles. The van der Waals surface area contributed by atoms with Gasteiger partial charge in [-0.3, -0.25) is 13.9 Å². The average Bonchev–Trinajstić information content (AvgIpc) is 2.58. The molecule has 0 spiro atoms. The topological polar surface area (TPSA) is 44.0 Å². The highest BCUT2D eigenvalue weighted by molar-refractivity contribution is 5.80. The Balaban J connectivity index is 2.45. The smallest absolute Gasteiger partial charge is 0.296 e. The van der Waals surface area contributed by atoms with Gasteiger partial charge in [0, 0.05) is 14.1 Å². The number of hydrogen-bond acceptors (Lipinski definition) is 2. The largest absolute Gasteiger partial charge is 0.330 e. The number of benzene rings is 2. The van der Waals surface area contributed by atoms with E-state index in [1.807, 2.05) is 61.5 Å². The molecule has 3 aromatic rings. The van der Waals surface area contributed by atoms with E-state index in [0.717, 1.165) is 21.3 Å². The van der Waals surface area contributed by atoms with Gasteiger partial charge in [0.25, 0.3) is 5.56 Å². The average molecular weight is 306 g/mol. The van der Waals surface area contributed by atoms with Gasteiger partial charge in [0.05, 0.1) is 11.3 Å². The van der Waals surface area contributed by atoms with Crippen LogP contribution in [0.2, 0.25) is 0 Å². The second kappa shape index (κ2) is 5.72. The van der Waals surface area contributed by atoms with E-state index in [9.17, 15) is 9.59 Å². The maximum absolute atomic E-state index is 12.8. The third-order valence-electron chi connectivity index (χ3n) is 4.05. The highest BCUT2D eigenvalue weighted by Gasteiger charge is 2.18. The molecule has 0 saturated carbocycles. The van der Waals surface area contributed by atoms with Crippen LogP contribution in [0.4, 0.5) is 0 Å². The van der Waals surface area contributed by atoms with Crippen molar-refractivity contribution in [3.05, 3.63) is 81.0 Å². The van der Waals surface area contributed by atoms with Crippen molar-refractivity contribution < 1.29 is 0 Å². The van der Waals surface area contributed by atoms with Gasteiger partial charge in [0.1, 0.15) is 0 Å². The zero-order valence-corrected chi connectivity index (χ0v) is 13.4. The molecule has 4 nitrogen and oxygen atoms in total. The van der Waals surface area contributed by atoms with Crippen LogP contribution in [0, 0.1) is 6.92 Å². The molecular weight excluding hydrogens is 288 g/mol. The van der Waals surface area contributed by atoms with E-state index in [-0.39, 0.29) is 11.2 Å². The molecule has 0 aliphatic heterocycles. The number of rotatable bonds is 2. The van der Waals surface area contributed by atoms with Gasteiger partial charge in [-0.15, -0.1) is 0 Å². The molecule has 23 heavy (non-hydrogen) atoms. The minimum atomic E-state index is -0.328. The fraction of sp³-hybridized carbons (Fsp3) is 0.158. The Hall–Kier alpha value is -2.88. The van der Waals surface area contributed by atoms with E-state index in [1.54, 1.807) is 7.05 Å². The number of nitrogens with zero attached hydrogens (tertiary/aromatic N) is 2. The van der Waals surface area contributed by atoms with Crippen LogP contribution in [0.15, 0.2) is 64.2 Å². The normalized spacial score (nSPS) is 10.7. The summed E-state index contributed by atoms with van der Waals surface area (Å²) in [6.45, 7) is 2.00. The zero-order valence-electron chi connectivity index (χ0n) is 13.4. The first kappa shape index (κ1) is 15.0. The summed E-state index contributed by atoms with van der Waals surface area (Å²) in [4.78, 5) is 25.1. The van der Waals surface area contributed by atoms with Gasteiger partial charge in [0.15, 0.2) is 0 Å². The Labute approximate surface area is 134 Å². The van der Waals surface area contributed by atoms with Crippen LogP contribution >= 0.6 is 0 Å². The van der Waals surface area contributed by atoms with E-state index in [4.69, 9.17) is 0 Å². The van der Waals surface area contributed by atoms with Gasteiger partial charge in [-0.2, -0.15) is 0 Å². The lowest BCUT2D eigenvalue weighted by atomic mass is 9.99. The molecule has 1 aromatic heterocycles. The molecule has 0 aliphatic rings. The van der Waals surface area contributed by atoms with Crippen molar-refractivity contribution in [3.63, 3.8) is 0 Å². The van der Waals surface area contributed by atoms with E-state index in [0.29, 0.717) is 11.3 Å². The summed E-state index contributed by atoms with van der Waals surface area (Å²) in [7, 11) is 3.21. The molecule has 1 heterocycles. The van der Waals surface area contributed by atoms with Gasteiger partial charge < -0.3 is 0 Å². The van der Waals surface area contributed by atoms with E-state index >= 15 is 0 Å². The Morgan fingerprint density at radius 3 is 1.96 bits per heavy atom. The Morgan fingerprint density at radius 1 is 0.739 bits per heavy atom. The Bertz CT molecular complexity index is 965. The SMILES string of the molecule is Cc1ccc(-c2c(-c3ccccc3)c(=O)n(C)c(=O)n2C)cc1. The second-order valence-electron chi connectivity index (χ2n) is 5.66. The van der Waals surface area contributed by atoms with Gasteiger partial charge in [-0.25, -0.2) is 4.79 Å². The van der Waals surface area contributed by atoms with Crippen molar-refractivity contribution in [2.45, 2.75) is 6.92 Å². The van der Waals surface area contributed by atoms with Crippen LogP contribution in [-0.2, 0) is 14.1 Å². The summed E-state index contributed by atoms with van der Waals surface area (Å²) in [5.74, 6) is 0. The lowest BCUT2D eigenvalue weighted by Crippen LogP contribution is -2.38. The fourth-order valence-corrected chi connectivity index (χ4v) is 2.76. The zero-order chi connectivity index (χ0) is 16.6. The van der Waals surface area contributed by atoms with Gasteiger partial charge in [-0.1, -0.05) is 60.2 Å². The molecule has 3 rings (SSSR count). The first-order valence-corrected chi connectivity index (χ1v) is 7.43. The minimum Gasteiger partial charge on any atom is -0.296 e. The summed E-state index contributed by atoms with van der Waals surface area (Å²) < 4.78 is 2.69. The number of hydrogen-bond donors (Lipinski definition) is 0. The summed E-state index contributed by atoms with van der Waals surface area (Å²) >= 11 is 0. The molecular formula is C19H18N2O2.